The van der Waals surface area contributed by atoms with Crippen LogP contribution in [0.25, 0.3) is 6.08 Å². The van der Waals surface area contributed by atoms with Crippen molar-refractivity contribution in [3.05, 3.63) is 41.5 Å². The highest BCUT2D eigenvalue weighted by Crippen LogP contribution is 2.32. The van der Waals surface area contributed by atoms with E-state index in [1.807, 2.05) is 4.90 Å². The maximum absolute atomic E-state index is 12.4. The molecule has 2 N–H and O–H groups in total. The molecule has 1 heterocycles. The van der Waals surface area contributed by atoms with Gasteiger partial charge < -0.3 is 10.6 Å². The Morgan fingerprint density at radius 3 is 2.41 bits per heavy atom. The number of hydrogen-bond donors (Lipinski definition) is 1. The fraction of sp³-hybridized carbons (Fsp3) is 0.526. The first-order valence-electron chi connectivity index (χ1n) is 8.40. The summed E-state index contributed by atoms with van der Waals surface area (Å²) in [5.74, 6) is 0.750. The van der Waals surface area contributed by atoms with E-state index in [0.29, 0.717) is 5.92 Å². The number of allylic oxidation sites excluding steroid dienone is 1. The van der Waals surface area contributed by atoms with Gasteiger partial charge in [0.05, 0.1) is 5.54 Å². The molecule has 3 nitrogen and oxygen atoms in total. The summed E-state index contributed by atoms with van der Waals surface area (Å²) in [7, 11) is 0. The minimum Gasteiger partial charge on any atom is -0.341 e. The van der Waals surface area contributed by atoms with Crippen molar-refractivity contribution >= 4 is 12.0 Å². The van der Waals surface area contributed by atoms with E-state index in [0.717, 1.165) is 45.2 Å². The second-order valence-electron chi connectivity index (χ2n) is 6.91. The van der Waals surface area contributed by atoms with Crippen LogP contribution in [0.5, 0.6) is 0 Å². The van der Waals surface area contributed by atoms with Crippen LogP contribution in [-0.2, 0) is 4.79 Å². The number of amides is 1. The molecular formula is C19H26N2O. The molecule has 0 unspecified atom stereocenters. The molecule has 118 valence electrons. The molecule has 22 heavy (non-hydrogen) atoms. The van der Waals surface area contributed by atoms with Gasteiger partial charge in [-0.3, -0.25) is 4.79 Å². The Kier molecular flexibility index (Phi) is 4.34. The Hall–Kier alpha value is -1.61. The minimum atomic E-state index is -0.537. The second kappa shape index (κ2) is 6.25. The highest BCUT2D eigenvalue weighted by atomic mass is 16.2. The number of hydrogen-bond acceptors (Lipinski definition) is 2. The molecule has 0 aromatic heterocycles. The SMILES string of the molecule is Cc1ccc(/C=C/C2CCN(C(=O)C3(N)CCC3)CC2)cc1. The van der Waals surface area contributed by atoms with Gasteiger partial charge in [-0.05, 0) is 50.5 Å². The van der Waals surface area contributed by atoms with Crippen molar-refractivity contribution in [2.45, 2.75) is 44.6 Å². The first-order chi connectivity index (χ1) is 10.6. The van der Waals surface area contributed by atoms with E-state index in [1.54, 1.807) is 0 Å². The van der Waals surface area contributed by atoms with Gasteiger partial charge in [-0.25, -0.2) is 0 Å². The van der Waals surface area contributed by atoms with Crippen molar-refractivity contribution < 1.29 is 4.79 Å². The highest BCUT2D eigenvalue weighted by Gasteiger charge is 2.43. The predicted molar refractivity (Wildman–Crippen MR) is 90.3 cm³/mol. The summed E-state index contributed by atoms with van der Waals surface area (Å²) in [6, 6.07) is 8.58. The number of carbonyl (C=O) groups is 1. The third kappa shape index (κ3) is 3.25. The molecule has 0 spiro atoms. The van der Waals surface area contributed by atoms with E-state index in [1.165, 1.54) is 11.1 Å². The lowest BCUT2D eigenvalue weighted by Gasteiger charge is -2.42. The number of benzene rings is 1. The smallest absolute Gasteiger partial charge is 0.242 e. The van der Waals surface area contributed by atoms with Crippen LogP contribution in [0.3, 0.4) is 0 Å². The Labute approximate surface area is 133 Å². The Bertz CT molecular complexity index is 549. The maximum Gasteiger partial charge on any atom is 0.242 e. The molecule has 1 aliphatic heterocycles. The summed E-state index contributed by atoms with van der Waals surface area (Å²) in [5, 5.41) is 0. The van der Waals surface area contributed by atoms with Gasteiger partial charge in [-0.2, -0.15) is 0 Å². The largest absolute Gasteiger partial charge is 0.341 e. The Morgan fingerprint density at radius 2 is 1.86 bits per heavy atom. The average Bonchev–Trinajstić information content (AvgIpc) is 2.52. The van der Waals surface area contributed by atoms with Crippen molar-refractivity contribution in [2.75, 3.05) is 13.1 Å². The first-order valence-corrected chi connectivity index (χ1v) is 8.40. The van der Waals surface area contributed by atoms with Gasteiger partial charge in [0, 0.05) is 13.1 Å². The van der Waals surface area contributed by atoms with Gasteiger partial charge in [0.15, 0.2) is 0 Å². The summed E-state index contributed by atoms with van der Waals surface area (Å²) in [4.78, 5) is 14.4. The number of nitrogens with zero attached hydrogens (tertiary/aromatic N) is 1. The van der Waals surface area contributed by atoms with E-state index in [-0.39, 0.29) is 5.91 Å². The highest BCUT2D eigenvalue weighted by molar-refractivity contribution is 5.87. The number of carbonyl (C=O) groups excluding carboxylic acids is 1. The number of aryl methyl sites for hydroxylation is 1. The topological polar surface area (TPSA) is 46.3 Å². The third-order valence-electron chi connectivity index (χ3n) is 5.14. The molecule has 2 fully saturated rings. The molecular weight excluding hydrogens is 272 g/mol. The van der Waals surface area contributed by atoms with Crippen LogP contribution in [-0.4, -0.2) is 29.4 Å². The van der Waals surface area contributed by atoms with Crippen molar-refractivity contribution in [3.63, 3.8) is 0 Å². The molecule has 1 saturated carbocycles. The van der Waals surface area contributed by atoms with Crippen LogP contribution in [0, 0.1) is 12.8 Å². The van der Waals surface area contributed by atoms with Crippen molar-refractivity contribution in [1.29, 1.82) is 0 Å². The summed E-state index contributed by atoms with van der Waals surface area (Å²) in [5.41, 5.74) is 8.15. The first kappa shape index (κ1) is 15.3. The monoisotopic (exact) mass is 298 g/mol. The normalized spacial score (nSPS) is 21.8. The van der Waals surface area contributed by atoms with Crippen LogP contribution in [0.1, 0.15) is 43.2 Å². The summed E-state index contributed by atoms with van der Waals surface area (Å²) >= 11 is 0. The molecule has 1 amide bonds. The van der Waals surface area contributed by atoms with Gasteiger partial charge in [0.25, 0.3) is 0 Å². The van der Waals surface area contributed by atoms with E-state index >= 15 is 0 Å². The lowest BCUT2D eigenvalue weighted by Crippen LogP contribution is -2.60. The van der Waals surface area contributed by atoms with E-state index in [4.69, 9.17) is 5.73 Å². The van der Waals surface area contributed by atoms with Gasteiger partial charge >= 0.3 is 0 Å². The zero-order valence-electron chi connectivity index (χ0n) is 13.4. The Morgan fingerprint density at radius 1 is 1.23 bits per heavy atom. The van der Waals surface area contributed by atoms with Crippen LogP contribution >= 0.6 is 0 Å². The fourth-order valence-corrected chi connectivity index (χ4v) is 3.31. The zero-order valence-corrected chi connectivity index (χ0v) is 13.4. The summed E-state index contributed by atoms with van der Waals surface area (Å²) in [6.45, 7) is 3.80. The second-order valence-corrected chi connectivity index (χ2v) is 6.91. The number of piperidine rings is 1. The van der Waals surface area contributed by atoms with Crippen LogP contribution in [0.15, 0.2) is 30.3 Å². The predicted octanol–water partition coefficient (Wildman–Crippen LogP) is 3.13. The standard InChI is InChI=1S/C19H26N2O/c1-15-3-5-16(6-4-15)7-8-17-9-13-21(14-10-17)18(22)19(20)11-2-12-19/h3-8,17H,2,9-14,20H2,1H3/b8-7+. The number of nitrogens with two attached hydrogens (primary N) is 1. The summed E-state index contributed by atoms with van der Waals surface area (Å²) in [6.07, 6.45) is 9.41. The molecule has 3 rings (SSSR count). The molecule has 1 aromatic carbocycles. The van der Waals surface area contributed by atoms with Crippen LogP contribution in [0.4, 0.5) is 0 Å². The van der Waals surface area contributed by atoms with Gasteiger partial charge in [-0.15, -0.1) is 0 Å². The van der Waals surface area contributed by atoms with Crippen LogP contribution in [0.2, 0.25) is 0 Å². The van der Waals surface area contributed by atoms with Gasteiger partial charge in [-0.1, -0.05) is 42.0 Å². The van der Waals surface area contributed by atoms with E-state index in [9.17, 15) is 4.79 Å². The van der Waals surface area contributed by atoms with Crippen LogP contribution < -0.4 is 5.73 Å². The maximum atomic E-state index is 12.4. The molecule has 0 atom stereocenters. The quantitative estimate of drug-likeness (QED) is 0.932. The molecule has 0 radical (unpaired) electrons. The number of rotatable bonds is 3. The fourth-order valence-electron chi connectivity index (χ4n) is 3.31. The zero-order chi connectivity index (χ0) is 15.6. The molecule has 2 aliphatic rings. The summed E-state index contributed by atoms with van der Waals surface area (Å²) < 4.78 is 0. The third-order valence-corrected chi connectivity index (χ3v) is 5.14. The average molecular weight is 298 g/mol. The minimum absolute atomic E-state index is 0.180. The molecule has 1 aromatic rings. The lowest BCUT2D eigenvalue weighted by atomic mass is 9.76. The van der Waals surface area contributed by atoms with Crippen molar-refractivity contribution in [1.82, 2.24) is 4.90 Å². The lowest BCUT2D eigenvalue weighted by molar-refractivity contribution is -0.141. The molecule has 3 heteroatoms. The molecule has 1 aliphatic carbocycles. The molecule has 1 saturated heterocycles. The van der Waals surface area contributed by atoms with E-state index in [2.05, 4.69) is 43.3 Å². The van der Waals surface area contributed by atoms with E-state index < -0.39 is 5.54 Å². The van der Waals surface area contributed by atoms with Gasteiger partial charge in [0.2, 0.25) is 5.91 Å². The van der Waals surface area contributed by atoms with Gasteiger partial charge in [0.1, 0.15) is 0 Å². The van der Waals surface area contributed by atoms with Crippen molar-refractivity contribution in [3.8, 4) is 0 Å². The Balaban J connectivity index is 1.51. The number of likely N-dealkylation sites (tertiary alicyclic amines) is 1. The van der Waals surface area contributed by atoms with Crippen molar-refractivity contribution in [2.24, 2.45) is 11.7 Å². The molecule has 0 bridgehead atoms.